The molecule has 4 N–H and O–H groups in total. The van der Waals surface area contributed by atoms with E-state index in [0.29, 0.717) is 6.42 Å². The lowest BCUT2D eigenvalue weighted by Crippen LogP contribution is -2.47. The molecule has 9 heteroatoms. The lowest BCUT2D eigenvalue weighted by molar-refractivity contribution is -0.122. The number of sulfonamides is 1. The molecule has 110 valence electrons. The number of hydrogen-bond acceptors (Lipinski definition) is 4. The third-order valence-electron chi connectivity index (χ3n) is 3.13. The Bertz CT molecular complexity index is 639. The molecule has 1 saturated heterocycles. The fraction of sp³-hybridized carbons (Fsp3) is 0.455. The van der Waals surface area contributed by atoms with Crippen LogP contribution in [0.3, 0.4) is 0 Å². The minimum atomic E-state index is -3.74. The molecule has 8 nitrogen and oxygen atoms in total. The topological polar surface area (TPSA) is 123 Å². The lowest BCUT2D eigenvalue weighted by atomic mass is 10.1. The van der Waals surface area contributed by atoms with Crippen molar-refractivity contribution in [1.29, 1.82) is 0 Å². The molecule has 0 radical (unpaired) electrons. The molecule has 1 aliphatic heterocycles. The van der Waals surface area contributed by atoms with E-state index in [4.69, 9.17) is 5.73 Å². The Hall–Kier alpha value is -1.87. The fourth-order valence-electron chi connectivity index (χ4n) is 2.05. The number of nitrogens with two attached hydrogens (primary N) is 1. The largest absolute Gasteiger partial charge is 0.364 e. The van der Waals surface area contributed by atoms with Crippen LogP contribution in [0.15, 0.2) is 17.2 Å². The molecule has 1 aliphatic rings. The lowest BCUT2D eigenvalue weighted by Gasteiger charge is -2.22. The maximum atomic E-state index is 12.2. The van der Waals surface area contributed by atoms with Crippen molar-refractivity contribution in [3.05, 3.63) is 18.0 Å². The second-order valence-corrected chi connectivity index (χ2v) is 6.41. The van der Waals surface area contributed by atoms with Gasteiger partial charge >= 0.3 is 0 Å². The van der Waals surface area contributed by atoms with Gasteiger partial charge in [-0.3, -0.25) is 9.59 Å². The Kier molecular flexibility index (Phi) is 3.82. The number of primary amides is 1. The van der Waals surface area contributed by atoms with Crippen LogP contribution in [-0.4, -0.2) is 37.4 Å². The van der Waals surface area contributed by atoms with Gasteiger partial charge in [-0.15, -0.1) is 0 Å². The zero-order chi connectivity index (χ0) is 14.9. The van der Waals surface area contributed by atoms with E-state index in [1.54, 1.807) is 7.05 Å². The smallest absolute Gasteiger partial charge is 0.265 e. The summed E-state index contributed by atoms with van der Waals surface area (Å²) in [6, 6.07) is 0.876. The van der Waals surface area contributed by atoms with Gasteiger partial charge in [0.25, 0.3) is 5.91 Å². The number of aromatic nitrogens is 1. The highest BCUT2D eigenvalue weighted by Crippen LogP contribution is 2.15. The summed E-state index contributed by atoms with van der Waals surface area (Å²) in [6.45, 7) is 0.258. The summed E-state index contributed by atoms with van der Waals surface area (Å²) >= 11 is 0. The molecule has 1 aromatic heterocycles. The second kappa shape index (κ2) is 5.25. The minimum absolute atomic E-state index is 0.0225. The van der Waals surface area contributed by atoms with Crippen molar-refractivity contribution in [3.8, 4) is 0 Å². The Morgan fingerprint density at radius 2 is 2.25 bits per heavy atom. The van der Waals surface area contributed by atoms with E-state index >= 15 is 0 Å². The van der Waals surface area contributed by atoms with Gasteiger partial charge in [-0.1, -0.05) is 0 Å². The van der Waals surface area contributed by atoms with Gasteiger partial charge in [0.2, 0.25) is 15.9 Å². The number of nitrogens with zero attached hydrogens (tertiary/aromatic N) is 1. The Balaban J connectivity index is 2.16. The van der Waals surface area contributed by atoms with Gasteiger partial charge in [0, 0.05) is 32.3 Å². The number of piperidine rings is 1. The van der Waals surface area contributed by atoms with Gasteiger partial charge in [0.1, 0.15) is 10.6 Å². The Labute approximate surface area is 116 Å². The number of hydrogen-bond donors (Lipinski definition) is 3. The second-order valence-electron chi connectivity index (χ2n) is 4.70. The zero-order valence-corrected chi connectivity index (χ0v) is 11.7. The Morgan fingerprint density at radius 1 is 1.55 bits per heavy atom. The molecular weight excluding hydrogens is 284 g/mol. The van der Waals surface area contributed by atoms with Crippen LogP contribution in [-0.2, 0) is 21.9 Å². The van der Waals surface area contributed by atoms with Crippen LogP contribution >= 0.6 is 0 Å². The summed E-state index contributed by atoms with van der Waals surface area (Å²) < 4.78 is 28.2. The molecule has 2 rings (SSSR count). The summed E-state index contributed by atoms with van der Waals surface area (Å²) in [7, 11) is -2.20. The first-order valence-corrected chi connectivity index (χ1v) is 7.53. The number of rotatable bonds is 4. The number of carbonyl (C=O) groups excluding carboxylic acids is 2. The molecule has 0 bridgehead atoms. The molecule has 0 saturated carbocycles. The van der Waals surface area contributed by atoms with Gasteiger partial charge in [0.05, 0.1) is 0 Å². The van der Waals surface area contributed by atoms with Gasteiger partial charge in [-0.05, 0) is 12.5 Å². The monoisotopic (exact) mass is 300 g/mol. The third kappa shape index (κ3) is 2.99. The van der Waals surface area contributed by atoms with Crippen LogP contribution in [0.2, 0.25) is 0 Å². The molecule has 2 heterocycles. The summed E-state index contributed by atoms with van der Waals surface area (Å²) in [5.41, 5.74) is 5.26. The van der Waals surface area contributed by atoms with E-state index in [9.17, 15) is 18.0 Å². The van der Waals surface area contributed by atoms with E-state index in [-0.39, 0.29) is 35.5 Å². The van der Waals surface area contributed by atoms with Gasteiger partial charge in [-0.2, -0.15) is 0 Å². The van der Waals surface area contributed by atoms with Gasteiger partial charge in [0.15, 0.2) is 0 Å². The summed E-state index contributed by atoms with van der Waals surface area (Å²) in [6.07, 6.45) is 2.05. The third-order valence-corrected chi connectivity index (χ3v) is 4.62. The molecule has 1 aromatic rings. The summed E-state index contributed by atoms with van der Waals surface area (Å²) in [4.78, 5) is 22.1. The number of amides is 2. The predicted octanol–water partition coefficient (Wildman–Crippen LogP) is -1.32. The van der Waals surface area contributed by atoms with Crippen LogP contribution in [0, 0.1) is 0 Å². The normalized spacial score (nSPS) is 19.6. The van der Waals surface area contributed by atoms with Crippen LogP contribution in [0.1, 0.15) is 23.3 Å². The Morgan fingerprint density at radius 3 is 2.75 bits per heavy atom. The molecule has 0 aromatic carbocycles. The van der Waals surface area contributed by atoms with E-state index in [0.717, 1.165) is 0 Å². The van der Waals surface area contributed by atoms with E-state index in [1.165, 1.54) is 16.8 Å². The highest BCUT2D eigenvalue weighted by Gasteiger charge is 2.25. The quantitative estimate of drug-likeness (QED) is 0.638. The SMILES string of the molecule is Cn1cc(S(=O)(=O)NC2CCC(=O)NC2)cc1C(N)=O. The maximum Gasteiger partial charge on any atom is 0.265 e. The average molecular weight is 300 g/mol. The predicted molar refractivity (Wildman–Crippen MR) is 70.3 cm³/mol. The molecule has 1 atom stereocenters. The zero-order valence-electron chi connectivity index (χ0n) is 10.9. The van der Waals surface area contributed by atoms with Crippen molar-refractivity contribution in [1.82, 2.24) is 14.6 Å². The van der Waals surface area contributed by atoms with Crippen LogP contribution in [0.5, 0.6) is 0 Å². The molecule has 1 unspecified atom stereocenters. The highest BCUT2D eigenvalue weighted by molar-refractivity contribution is 7.89. The van der Waals surface area contributed by atoms with Crippen molar-refractivity contribution in [2.75, 3.05) is 6.54 Å². The first-order valence-electron chi connectivity index (χ1n) is 6.05. The van der Waals surface area contributed by atoms with E-state index < -0.39 is 15.9 Å². The summed E-state index contributed by atoms with van der Waals surface area (Å²) in [5.74, 6) is -0.782. The van der Waals surface area contributed by atoms with Crippen molar-refractivity contribution < 1.29 is 18.0 Å². The summed E-state index contributed by atoms with van der Waals surface area (Å²) in [5, 5.41) is 2.60. The molecule has 20 heavy (non-hydrogen) atoms. The first-order chi connectivity index (χ1) is 9.29. The van der Waals surface area contributed by atoms with Crippen LogP contribution in [0.4, 0.5) is 0 Å². The standard InChI is InChI=1S/C11H16N4O4S/c1-15-6-8(4-9(15)11(12)17)20(18,19)14-7-2-3-10(16)13-5-7/h4,6-7,14H,2-3,5H2,1H3,(H2,12,17)(H,13,16). The fourth-order valence-corrected chi connectivity index (χ4v) is 3.39. The van der Waals surface area contributed by atoms with E-state index in [2.05, 4.69) is 10.0 Å². The van der Waals surface area contributed by atoms with Gasteiger partial charge in [-0.25, -0.2) is 13.1 Å². The van der Waals surface area contributed by atoms with Crippen molar-refractivity contribution in [3.63, 3.8) is 0 Å². The van der Waals surface area contributed by atoms with Gasteiger partial charge < -0.3 is 15.6 Å². The number of aryl methyl sites for hydroxylation is 1. The van der Waals surface area contributed by atoms with Crippen LogP contribution in [0.25, 0.3) is 0 Å². The molecule has 2 amide bonds. The van der Waals surface area contributed by atoms with Crippen molar-refractivity contribution in [2.45, 2.75) is 23.8 Å². The maximum absolute atomic E-state index is 12.2. The highest BCUT2D eigenvalue weighted by atomic mass is 32.2. The first kappa shape index (κ1) is 14.5. The molecule has 0 spiro atoms. The molecular formula is C11H16N4O4S. The van der Waals surface area contributed by atoms with Crippen molar-refractivity contribution in [2.24, 2.45) is 12.8 Å². The van der Waals surface area contributed by atoms with E-state index in [1.807, 2.05) is 0 Å². The number of nitrogens with one attached hydrogen (secondary N) is 2. The molecule has 1 fully saturated rings. The van der Waals surface area contributed by atoms with Crippen LogP contribution < -0.4 is 15.8 Å². The van der Waals surface area contributed by atoms with Crippen molar-refractivity contribution >= 4 is 21.8 Å². The average Bonchev–Trinajstić information content (AvgIpc) is 2.75. The minimum Gasteiger partial charge on any atom is -0.364 e. The number of carbonyl (C=O) groups is 2. The molecule has 0 aliphatic carbocycles.